The Balaban J connectivity index is 1.94. The highest BCUT2D eigenvalue weighted by atomic mass is 19.1. The van der Waals surface area contributed by atoms with Crippen molar-refractivity contribution in [2.75, 3.05) is 7.11 Å². The average molecular weight is 265 g/mol. The number of hydrogen-bond acceptors (Lipinski definition) is 4. The Kier molecular flexibility index (Phi) is 2.70. The van der Waals surface area contributed by atoms with Gasteiger partial charge in [0.25, 0.3) is 12.2 Å². The topological polar surface area (TPSA) is 40.6 Å². The maximum absolute atomic E-state index is 13.6. The van der Waals surface area contributed by atoms with E-state index in [4.69, 9.17) is 9.47 Å². The predicted molar refractivity (Wildman–Crippen MR) is 61.1 cm³/mol. The third-order valence-electron chi connectivity index (χ3n) is 2.69. The van der Waals surface area contributed by atoms with Crippen molar-refractivity contribution in [3.05, 3.63) is 47.7 Å². The van der Waals surface area contributed by atoms with Crippen LogP contribution in [0.2, 0.25) is 0 Å². The second-order valence-electron chi connectivity index (χ2n) is 3.89. The average Bonchev–Trinajstić information content (AvgIpc) is 2.82. The second-order valence-corrected chi connectivity index (χ2v) is 3.89. The van der Waals surface area contributed by atoms with Crippen molar-refractivity contribution in [1.29, 1.82) is 0 Å². The summed E-state index contributed by atoms with van der Waals surface area (Å²) in [5, 5.41) is 0. The maximum atomic E-state index is 13.6. The monoisotopic (exact) mass is 265 g/mol. The molecule has 19 heavy (non-hydrogen) atoms. The number of rotatable bonds is 2. The highest BCUT2D eigenvalue weighted by molar-refractivity contribution is 5.38. The summed E-state index contributed by atoms with van der Waals surface area (Å²) in [6, 6.07) is 5.56. The molecule has 98 valence electrons. The molecule has 1 aliphatic rings. The number of pyridine rings is 1. The fraction of sp³-hybridized carbons (Fsp3) is 0.154. The third kappa shape index (κ3) is 1.95. The van der Waals surface area contributed by atoms with Crippen LogP contribution in [0.3, 0.4) is 0 Å². The van der Waals surface area contributed by atoms with Gasteiger partial charge in [0.15, 0.2) is 23.1 Å². The minimum Gasteiger partial charge on any atom is -0.491 e. The SMILES string of the molecule is COc1c(F)cc([C@@H]2Oc3cccnc3O2)cc1F. The van der Waals surface area contributed by atoms with Gasteiger partial charge in [0.05, 0.1) is 7.11 Å². The first-order chi connectivity index (χ1) is 9.19. The summed E-state index contributed by atoms with van der Waals surface area (Å²) >= 11 is 0. The molecule has 0 saturated heterocycles. The molecule has 0 N–H and O–H groups in total. The van der Waals surface area contributed by atoms with E-state index >= 15 is 0 Å². The minimum atomic E-state index is -0.917. The molecule has 1 aromatic heterocycles. The molecular weight excluding hydrogens is 256 g/mol. The Bertz CT molecular complexity index is 585. The van der Waals surface area contributed by atoms with Gasteiger partial charge in [0, 0.05) is 11.8 Å². The molecule has 0 aliphatic carbocycles. The van der Waals surface area contributed by atoms with E-state index in [1.807, 2.05) is 0 Å². The van der Waals surface area contributed by atoms with E-state index in [0.717, 1.165) is 12.1 Å². The number of methoxy groups -OCH3 is 1. The van der Waals surface area contributed by atoms with Crippen LogP contribution in [-0.2, 0) is 0 Å². The fourth-order valence-corrected chi connectivity index (χ4v) is 1.84. The van der Waals surface area contributed by atoms with Gasteiger partial charge in [-0.1, -0.05) is 0 Å². The van der Waals surface area contributed by atoms with Gasteiger partial charge in [-0.2, -0.15) is 0 Å². The second kappa shape index (κ2) is 4.38. The fourth-order valence-electron chi connectivity index (χ4n) is 1.84. The molecule has 1 atom stereocenters. The number of nitrogens with zero attached hydrogens (tertiary/aromatic N) is 1. The molecule has 0 saturated carbocycles. The van der Waals surface area contributed by atoms with Crippen LogP contribution >= 0.6 is 0 Å². The van der Waals surface area contributed by atoms with Crippen molar-refractivity contribution >= 4 is 0 Å². The van der Waals surface area contributed by atoms with Crippen molar-refractivity contribution in [1.82, 2.24) is 4.98 Å². The largest absolute Gasteiger partial charge is 0.491 e. The van der Waals surface area contributed by atoms with Gasteiger partial charge < -0.3 is 14.2 Å². The quantitative estimate of drug-likeness (QED) is 0.837. The number of hydrogen-bond donors (Lipinski definition) is 0. The Morgan fingerprint density at radius 3 is 2.58 bits per heavy atom. The highest BCUT2D eigenvalue weighted by Gasteiger charge is 2.28. The van der Waals surface area contributed by atoms with E-state index < -0.39 is 23.7 Å². The summed E-state index contributed by atoms with van der Waals surface area (Å²) in [5.41, 5.74) is 0.216. The van der Waals surface area contributed by atoms with E-state index in [0.29, 0.717) is 11.6 Å². The van der Waals surface area contributed by atoms with Crippen LogP contribution in [0.15, 0.2) is 30.5 Å². The molecule has 2 heterocycles. The first-order valence-corrected chi connectivity index (χ1v) is 5.50. The van der Waals surface area contributed by atoms with Crippen molar-refractivity contribution in [3.8, 4) is 17.4 Å². The van der Waals surface area contributed by atoms with Crippen molar-refractivity contribution in [2.24, 2.45) is 0 Å². The zero-order valence-electron chi connectivity index (χ0n) is 9.89. The first kappa shape index (κ1) is 11.7. The Morgan fingerprint density at radius 2 is 1.95 bits per heavy atom. The Morgan fingerprint density at radius 1 is 1.21 bits per heavy atom. The zero-order chi connectivity index (χ0) is 13.4. The summed E-state index contributed by atoms with van der Waals surface area (Å²) in [5.74, 6) is -1.33. The Labute approximate surface area is 107 Å². The predicted octanol–water partition coefficient (Wildman–Crippen LogP) is 2.84. The number of fused-ring (bicyclic) bond motifs is 1. The van der Waals surface area contributed by atoms with Crippen LogP contribution in [0.4, 0.5) is 8.78 Å². The molecule has 6 heteroatoms. The van der Waals surface area contributed by atoms with Gasteiger partial charge in [-0.15, -0.1) is 0 Å². The van der Waals surface area contributed by atoms with E-state index in [-0.39, 0.29) is 5.56 Å². The van der Waals surface area contributed by atoms with E-state index in [1.54, 1.807) is 18.3 Å². The van der Waals surface area contributed by atoms with Gasteiger partial charge in [0.1, 0.15) is 0 Å². The standard InChI is InChI=1S/C13H9F2NO3/c1-17-11-8(14)5-7(6-9(11)15)13-18-10-3-2-4-16-12(10)19-13/h2-6,13H,1H3/t13-/m1/s1. The van der Waals surface area contributed by atoms with Crippen molar-refractivity contribution < 1.29 is 23.0 Å². The van der Waals surface area contributed by atoms with Crippen molar-refractivity contribution in [3.63, 3.8) is 0 Å². The van der Waals surface area contributed by atoms with Gasteiger partial charge in [-0.05, 0) is 24.3 Å². The molecule has 2 aromatic rings. The number of halogens is 2. The summed E-state index contributed by atoms with van der Waals surface area (Å²) in [4.78, 5) is 3.95. The number of benzene rings is 1. The normalized spacial score (nSPS) is 16.5. The molecular formula is C13H9F2NO3. The lowest BCUT2D eigenvalue weighted by Crippen LogP contribution is -2.09. The lowest BCUT2D eigenvalue weighted by Gasteiger charge is -2.12. The molecule has 4 nitrogen and oxygen atoms in total. The molecule has 3 rings (SSSR count). The van der Waals surface area contributed by atoms with Crippen LogP contribution in [-0.4, -0.2) is 12.1 Å². The third-order valence-corrected chi connectivity index (χ3v) is 2.69. The van der Waals surface area contributed by atoms with Crippen molar-refractivity contribution in [2.45, 2.75) is 6.29 Å². The summed E-state index contributed by atoms with van der Waals surface area (Å²) < 4.78 is 42.6. The minimum absolute atomic E-state index is 0.216. The molecule has 0 unspecified atom stereocenters. The summed E-state index contributed by atoms with van der Waals surface area (Å²) in [6.45, 7) is 0. The van der Waals surface area contributed by atoms with Gasteiger partial charge >= 0.3 is 0 Å². The molecule has 0 spiro atoms. The van der Waals surface area contributed by atoms with Crippen LogP contribution in [0, 0.1) is 11.6 Å². The Hall–Kier alpha value is -2.37. The lowest BCUT2D eigenvalue weighted by atomic mass is 10.2. The van der Waals surface area contributed by atoms with Crippen LogP contribution in [0.1, 0.15) is 11.9 Å². The zero-order valence-corrected chi connectivity index (χ0v) is 9.89. The molecule has 1 aliphatic heterocycles. The van der Waals surface area contributed by atoms with Gasteiger partial charge in [0.2, 0.25) is 0 Å². The van der Waals surface area contributed by atoms with Crippen LogP contribution in [0.5, 0.6) is 17.4 Å². The van der Waals surface area contributed by atoms with E-state index in [9.17, 15) is 8.78 Å². The first-order valence-electron chi connectivity index (χ1n) is 5.50. The smallest absolute Gasteiger partial charge is 0.269 e. The van der Waals surface area contributed by atoms with Gasteiger partial charge in [-0.25, -0.2) is 13.8 Å². The molecule has 0 fully saturated rings. The lowest BCUT2D eigenvalue weighted by molar-refractivity contribution is 0.0458. The van der Waals surface area contributed by atoms with E-state index in [2.05, 4.69) is 9.72 Å². The molecule has 0 bridgehead atoms. The maximum Gasteiger partial charge on any atom is 0.269 e. The van der Waals surface area contributed by atoms with E-state index in [1.165, 1.54) is 7.11 Å². The molecule has 0 amide bonds. The highest BCUT2D eigenvalue weighted by Crippen LogP contribution is 2.39. The molecule has 0 radical (unpaired) electrons. The van der Waals surface area contributed by atoms with Crippen LogP contribution in [0.25, 0.3) is 0 Å². The van der Waals surface area contributed by atoms with Crippen LogP contribution < -0.4 is 14.2 Å². The number of ether oxygens (including phenoxy) is 3. The summed E-state index contributed by atoms with van der Waals surface area (Å²) in [7, 11) is 1.20. The molecule has 1 aromatic carbocycles. The van der Waals surface area contributed by atoms with Gasteiger partial charge in [-0.3, -0.25) is 0 Å². The summed E-state index contributed by atoms with van der Waals surface area (Å²) in [6.07, 6.45) is 0.625. The number of aromatic nitrogens is 1.